The number of rotatable bonds is 9. The van der Waals surface area contributed by atoms with Gasteiger partial charge in [0.1, 0.15) is 5.75 Å². The van der Waals surface area contributed by atoms with Gasteiger partial charge in [-0.1, -0.05) is 44.5 Å². The molecule has 0 aliphatic carbocycles. The number of halogens is 1. The Hall–Kier alpha value is -0.813. The first-order valence-electron chi connectivity index (χ1n) is 8.32. The highest BCUT2D eigenvalue weighted by Crippen LogP contribution is 2.36. The molecule has 0 fully saturated rings. The zero-order valence-electron chi connectivity index (χ0n) is 15.8. The fourth-order valence-electron chi connectivity index (χ4n) is 1.76. The van der Waals surface area contributed by atoms with Crippen LogP contribution >= 0.6 is 11.6 Å². The fourth-order valence-corrected chi connectivity index (χ4v) is 2.91. The number of benzene rings is 1. The van der Waals surface area contributed by atoms with E-state index in [2.05, 4.69) is 33.9 Å². The lowest BCUT2D eigenvalue weighted by molar-refractivity contribution is 0.122. The van der Waals surface area contributed by atoms with E-state index < -0.39 is 8.32 Å². The molecule has 0 aliphatic heterocycles. The largest absolute Gasteiger partial charge is 0.497 e. The van der Waals surface area contributed by atoms with Gasteiger partial charge in [-0.2, -0.15) is 0 Å². The second-order valence-corrected chi connectivity index (χ2v) is 12.5. The van der Waals surface area contributed by atoms with Gasteiger partial charge in [-0.25, -0.2) is 0 Å². The summed E-state index contributed by atoms with van der Waals surface area (Å²) in [5, 5.41) is 0.204. The lowest BCUT2D eigenvalue weighted by atomic mass is 10.2. The van der Waals surface area contributed by atoms with Gasteiger partial charge in [0.15, 0.2) is 8.32 Å². The molecule has 0 bridgehead atoms. The summed E-state index contributed by atoms with van der Waals surface area (Å²) in [5.74, 6) is 0.855. The van der Waals surface area contributed by atoms with Gasteiger partial charge in [0.2, 0.25) is 0 Å². The minimum Gasteiger partial charge on any atom is -0.497 e. The Bertz CT molecular complexity index is 518. The van der Waals surface area contributed by atoms with Gasteiger partial charge in [-0.15, -0.1) is 0 Å². The Balaban J connectivity index is 2.34. The molecule has 1 aromatic carbocycles. The molecule has 0 aromatic heterocycles. The lowest BCUT2D eigenvalue weighted by Gasteiger charge is -2.36. The van der Waals surface area contributed by atoms with Crippen molar-refractivity contribution >= 4 is 19.9 Å². The third-order valence-corrected chi connectivity index (χ3v) is 9.36. The predicted octanol–water partition coefficient (Wildman–Crippen LogP) is 5.75. The molecule has 0 heterocycles. The number of methoxy groups -OCH3 is 1. The van der Waals surface area contributed by atoms with Crippen molar-refractivity contribution in [2.24, 2.45) is 0 Å². The summed E-state index contributed by atoms with van der Waals surface area (Å²) in [5.41, 5.74) is 3.84. The van der Waals surface area contributed by atoms with Gasteiger partial charge in [0, 0.05) is 5.54 Å². The van der Waals surface area contributed by atoms with E-state index in [4.69, 9.17) is 25.5 Å². The van der Waals surface area contributed by atoms with Crippen LogP contribution in [-0.2, 0) is 15.8 Å². The maximum Gasteiger partial charge on any atom is 0.192 e. The van der Waals surface area contributed by atoms with Crippen LogP contribution in [0.3, 0.4) is 0 Å². The molecule has 0 N–H and O–H groups in total. The van der Waals surface area contributed by atoms with Crippen molar-refractivity contribution < 1.29 is 13.9 Å². The maximum absolute atomic E-state index is 6.20. The van der Waals surface area contributed by atoms with Crippen LogP contribution in [0.4, 0.5) is 0 Å². The quantitative estimate of drug-likeness (QED) is 0.409. The van der Waals surface area contributed by atoms with Crippen LogP contribution in [0, 0.1) is 0 Å². The van der Waals surface area contributed by atoms with Crippen LogP contribution in [0.15, 0.2) is 35.4 Å². The van der Waals surface area contributed by atoms with Crippen LogP contribution in [0.2, 0.25) is 18.1 Å². The molecule has 3 nitrogen and oxygen atoms in total. The summed E-state index contributed by atoms with van der Waals surface area (Å²) in [7, 11) is -0.0813. The molecule has 0 saturated heterocycles. The molecular formula is C19H31ClO3Si. The van der Waals surface area contributed by atoms with Crippen molar-refractivity contribution in [1.82, 2.24) is 0 Å². The molecule has 0 atom stereocenters. The zero-order chi connectivity index (χ0) is 18.2. The minimum atomic E-state index is -1.75. The van der Waals surface area contributed by atoms with E-state index in [1.165, 1.54) is 0 Å². The van der Waals surface area contributed by atoms with Crippen molar-refractivity contribution in [2.45, 2.75) is 51.9 Å². The van der Waals surface area contributed by atoms with E-state index in [-0.39, 0.29) is 5.04 Å². The van der Waals surface area contributed by atoms with Crippen molar-refractivity contribution in [3.8, 4) is 5.75 Å². The summed E-state index contributed by atoms with van der Waals surface area (Å²) in [6.07, 6.45) is 0.786. The fraction of sp³-hybridized carbons (Fsp3) is 0.579. The van der Waals surface area contributed by atoms with Crippen molar-refractivity contribution in [1.29, 1.82) is 0 Å². The summed E-state index contributed by atoms with van der Waals surface area (Å²) < 4.78 is 17.1. The molecule has 136 valence electrons. The Kier molecular flexibility index (Phi) is 8.50. The second kappa shape index (κ2) is 9.61. The van der Waals surface area contributed by atoms with Crippen LogP contribution in [-0.4, -0.2) is 28.6 Å². The molecule has 0 amide bonds. The van der Waals surface area contributed by atoms with Crippen LogP contribution in [0.5, 0.6) is 5.75 Å². The third-order valence-electron chi connectivity index (χ3n) is 4.57. The highest BCUT2D eigenvalue weighted by molar-refractivity contribution is 6.74. The summed E-state index contributed by atoms with van der Waals surface area (Å²) >= 11 is 5.94. The summed E-state index contributed by atoms with van der Waals surface area (Å²) in [6, 6.07) is 7.90. The molecule has 0 spiro atoms. The molecule has 0 radical (unpaired) electrons. The predicted molar refractivity (Wildman–Crippen MR) is 104 cm³/mol. The smallest absolute Gasteiger partial charge is 0.192 e. The molecular weight excluding hydrogens is 340 g/mol. The number of ether oxygens (including phenoxy) is 2. The Morgan fingerprint density at radius 1 is 1.17 bits per heavy atom. The first-order chi connectivity index (χ1) is 11.2. The highest BCUT2D eigenvalue weighted by Gasteiger charge is 2.37. The first kappa shape index (κ1) is 21.2. The SMILES string of the molecule is COc1ccc(COCC/C(=C\Cl)CO[Si](C)(C)C(C)(C)C)cc1. The van der Waals surface area contributed by atoms with Crippen LogP contribution in [0.25, 0.3) is 0 Å². The first-order valence-corrected chi connectivity index (χ1v) is 11.7. The molecule has 0 aliphatic rings. The van der Waals surface area contributed by atoms with Crippen molar-refractivity contribution in [2.75, 3.05) is 20.3 Å². The molecule has 1 aromatic rings. The zero-order valence-corrected chi connectivity index (χ0v) is 17.6. The molecule has 5 heteroatoms. The normalized spacial score (nSPS) is 13.2. The van der Waals surface area contributed by atoms with Gasteiger partial charge in [0.25, 0.3) is 0 Å². The Morgan fingerprint density at radius 3 is 2.29 bits per heavy atom. The van der Waals surface area contributed by atoms with Crippen LogP contribution in [0.1, 0.15) is 32.8 Å². The van der Waals surface area contributed by atoms with E-state index in [1.54, 1.807) is 12.6 Å². The van der Waals surface area contributed by atoms with Crippen molar-refractivity contribution in [3.05, 3.63) is 40.9 Å². The third kappa shape index (κ3) is 6.97. The van der Waals surface area contributed by atoms with E-state index >= 15 is 0 Å². The van der Waals surface area contributed by atoms with Gasteiger partial charge >= 0.3 is 0 Å². The van der Waals surface area contributed by atoms with Gasteiger partial charge in [-0.05, 0) is 47.8 Å². The van der Waals surface area contributed by atoms with Gasteiger partial charge in [-0.3, -0.25) is 0 Å². The molecule has 24 heavy (non-hydrogen) atoms. The average Bonchev–Trinajstić information content (AvgIpc) is 2.53. The molecule has 0 saturated carbocycles. The van der Waals surface area contributed by atoms with E-state index in [0.717, 1.165) is 23.3 Å². The standard InChI is InChI=1S/C19H31ClO3Si/c1-19(2,3)24(5,6)23-15-17(13-20)11-12-22-14-16-7-9-18(21-4)10-8-16/h7-10,13H,11-12,14-15H2,1-6H3/b17-13+. The second-order valence-electron chi connectivity index (χ2n) is 7.47. The highest BCUT2D eigenvalue weighted by atomic mass is 35.5. The van der Waals surface area contributed by atoms with E-state index in [0.29, 0.717) is 19.8 Å². The Morgan fingerprint density at radius 2 is 1.79 bits per heavy atom. The van der Waals surface area contributed by atoms with E-state index in [9.17, 15) is 0 Å². The Labute approximate surface area is 153 Å². The monoisotopic (exact) mass is 370 g/mol. The maximum atomic E-state index is 6.20. The number of hydrogen-bond donors (Lipinski definition) is 0. The summed E-state index contributed by atoms with van der Waals surface area (Å²) in [6.45, 7) is 13.0. The minimum absolute atomic E-state index is 0.204. The summed E-state index contributed by atoms with van der Waals surface area (Å²) in [4.78, 5) is 0. The van der Waals surface area contributed by atoms with Gasteiger partial charge < -0.3 is 13.9 Å². The average molecular weight is 371 g/mol. The van der Waals surface area contributed by atoms with Gasteiger partial charge in [0.05, 0.1) is 26.9 Å². The topological polar surface area (TPSA) is 27.7 Å². The van der Waals surface area contributed by atoms with E-state index in [1.807, 2.05) is 24.3 Å². The lowest BCUT2D eigenvalue weighted by Crippen LogP contribution is -2.41. The molecule has 0 unspecified atom stereocenters. The number of hydrogen-bond acceptors (Lipinski definition) is 3. The van der Waals surface area contributed by atoms with Crippen LogP contribution < -0.4 is 4.74 Å². The van der Waals surface area contributed by atoms with Crippen molar-refractivity contribution in [3.63, 3.8) is 0 Å². The molecule has 1 rings (SSSR count).